The standard InChI is InChI=1S/C14H16/c1-2-8-13-12(6-1)7-5-11-14(13)9-3-4-10-14/h1-2,5-8H,3-4,9-11H2. The Hall–Kier alpha value is -1.04. The normalized spacial score (nSPS) is 22.6. The van der Waals surface area contributed by atoms with Crippen molar-refractivity contribution in [2.24, 2.45) is 0 Å². The van der Waals surface area contributed by atoms with Crippen molar-refractivity contribution in [3.63, 3.8) is 0 Å². The highest BCUT2D eigenvalue weighted by molar-refractivity contribution is 5.59. The van der Waals surface area contributed by atoms with Gasteiger partial charge in [-0.05, 0) is 35.8 Å². The molecule has 0 heterocycles. The molecule has 0 aliphatic heterocycles. The Kier molecular flexibility index (Phi) is 1.76. The first kappa shape index (κ1) is 8.28. The van der Waals surface area contributed by atoms with E-state index in [1.807, 2.05) is 0 Å². The molecule has 0 bridgehead atoms. The van der Waals surface area contributed by atoms with Gasteiger partial charge in [-0.2, -0.15) is 0 Å². The summed E-state index contributed by atoms with van der Waals surface area (Å²) < 4.78 is 0. The van der Waals surface area contributed by atoms with Crippen LogP contribution in [0.5, 0.6) is 0 Å². The summed E-state index contributed by atoms with van der Waals surface area (Å²) in [5, 5.41) is 0. The minimum absolute atomic E-state index is 0.519. The molecule has 0 aromatic heterocycles. The lowest BCUT2D eigenvalue weighted by atomic mass is 9.71. The van der Waals surface area contributed by atoms with Gasteiger partial charge in [0.1, 0.15) is 0 Å². The van der Waals surface area contributed by atoms with Crippen molar-refractivity contribution in [1.29, 1.82) is 0 Å². The summed E-state index contributed by atoms with van der Waals surface area (Å²) in [4.78, 5) is 0. The van der Waals surface area contributed by atoms with Crippen molar-refractivity contribution < 1.29 is 0 Å². The van der Waals surface area contributed by atoms with Crippen LogP contribution < -0.4 is 0 Å². The number of allylic oxidation sites excluding steroid dienone is 1. The minimum Gasteiger partial charge on any atom is -0.0830 e. The molecule has 1 saturated carbocycles. The largest absolute Gasteiger partial charge is 0.0830 e. The van der Waals surface area contributed by atoms with Crippen LogP contribution in [0.3, 0.4) is 0 Å². The van der Waals surface area contributed by atoms with Crippen LogP contribution in [-0.4, -0.2) is 0 Å². The first-order valence-electron chi connectivity index (χ1n) is 5.67. The van der Waals surface area contributed by atoms with Gasteiger partial charge in [0, 0.05) is 0 Å². The van der Waals surface area contributed by atoms with Gasteiger partial charge in [0.05, 0.1) is 0 Å². The van der Waals surface area contributed by atoms with Gasteiger partial charge >= 0.3 is 0 Å². The molecule has 1 fully saturated rings. The second-order valence-electron chi connectivity index (χ2n) is 4.68. The quantitative estimate of drug-likeness (QED) is 0.573. The Morgan fingerprint density at radius 2 is 1.79 bits per heavy atom. The fourth-order valence-corrected chi connectivity index (χ4v) is 3.17. The topological polar surface area (TPSA) is 0 Å². The maximum atomic E-state index is 2.37. The first-order valence-corrected chi connectivity index (χ1v) is 5.67. The summed E-state index contributed by atoms with van der Waals surface area (Å²) in [6.07, 6.45) is 11.6. The second-order valence-corrected chi connectivity index (χ2v) is 4.68. The van der Waals surface area contributed by atoms with Gasteiger partial charge in [-0.25, -0.2) is 0 Å². The zero-order chi connectivity index (χ0) is 9.43. The van der Waals surface area contributed by atoms with Gasteiger partial charge < -0.3 is 0 Å². The van der Waals surface area contributed by atoms with E-state index in [4.69, 9.17) is 0 Å². The lowest BCUT2D eigenvalue weighted by Gasteiger charge is -2.32. The molecule has 0 atom stereocenters. The van der Waals surface area contributed by atoms with E-state index in [0.717, 1.165) is 0 Å². The number of hydrogen-bond acceptors (Lipinski definition) is 0. The van der Waals surface area contributed by atoms with Crippen LogP contribution in [0.1, 0.15) is 43.2 Å². The highest BCUT2D eigenvalue weighted by Gasteiger charge is 2.36. The van der Waals surface area contributed by atoms with Gasteiger partial charge in [0.25, 0.3) is 0 Å². The van der Waals surface area contributed by atoms with Gasteiger partial charge in [-0.1, -0.05) is 49.3 Å². The predicted octanol–water partition coefficient (Wildman–Crippen LogP) is 3.92. The first-order chi connectivity index (χ1) is 6.91. The summed E-state index contributed by atoms with van der Waals surface area (Å²) in [5.74, 6) is 0. The molecule has 1 spiro atoms. The molecule has 0 nitrogen and oxygen atoms in total. The summed E-state index contributed by atoms with van der Waals surface area (Å²) in [6.45, 7) is 0. The van der Waals surface area contributed by atoms with Gasteiger partial charge in [-0.15, -0.1) is 0 Å². The average molecular weight is 184 g/mol. The molecule has 0 saturated heterocycles. The van der Waals surface area contributed by atoms with E-state index in [9.17, 15) is 0 Å². The van der Waals surface area contributed by atoms with Crippen LogP contribution >= 0.6 is 0 Å². The molecule has 1 aromatic carbocycles. The van der Waals surface area contributed by atoms with Crippen LogP contribution in [0.25, 0.3) is 6.08 Å². The fraction of sp³-hybridized carbons (Fsp3) is 0.429. The van der Waals surface area contributed by atoms with Crippen LogP contribution in [0, 0.1) is 0 Å². The molecule has 0 radical (unpaired) electrons. The third-order valence-electron chi connectivity index (χ3n) is 3.90. The molecule has 1 aromatic rings. The highest BCUT2D eigenvalue weighted by Crippen LogP contribution is 2.47. The molecule has 14 heavy (non-hydrogen) atoms. The molecule has 0 unspecified atom stereocenters. The molecule has 72 valence electrons. The van der Waals surface area contributed by atoms with Gasteiger partial charge in [0.15, 0.2) is 0 Å². The summed E-state index contributed by atoms with van der Waals surface area (Å²) in [6, 6.07) is 8.93. The molecule has 0 amide bonds. The van der Waals surface area contributed by atoms with Gasteiger partial charge in [0.2, 0.25) is 0 Å². The Morgan fingerprint density at radius 3 is 2.64 bits per heavy atom. The maximum absolute atomic E-state index is 2.37. The summed E-state index contributed by atoms with van der Waals surface area (Å²) in [7, 11) is 0. The Labute approximate surface area is 85.6 Å². The smallest absolute Gasteiger partial charge is 0.000651 e. The Balaban J connectivity index is 2.15. The molecule has 2 aliphatic carbocycles. The van der Waals surface area contributed by atoms with E-state index in [2.05, 4.69) is 36.4 Å². The van der Waals surface area contributed by atoms with Crippen molar-refractivity contribution in [2.75, 3.05) is 0 Å². The fourth-order valence-electron chi connectivity index (χ4n) is 3.17. The van der Waals surface area contributed by atoms with Crippen LogP contribution in [0.4, 0.5) is 0 Å². The van der Waals surface area contributed by atoms with E-state index < -0.39 is 0 Å². The molecule has 2 aliphatic rings. The van der Waals surface area contributed by atoms with E-state index >= 15 is 0 Å². The molecular formula is C14H16. The van der Waals surface area contributed by atoms with Gasteiger partial charge in [-0.3, -0.25) is 0 Å². The van der Waals surface area contributed by atoms with E-state index in [-0.39, 0.29) is 0 Å². The van der Waals surface area contributed by atoms with E-state index in [1.165, 1.54) is 37.7 Å². The van der Waals surface area contributed by atoms with Crippen LogP contribution in [0.2, 0.25) is 0 Å². The Bertz CT molecular complexity index is 367. The average Bonchev–Trinajstić information content (AvgIpc) is 2.68. The molecular weight excluding hydrogens is 168 g/mol. The minimum atomic E-state index is 0.519. The van der Waals surface area contributed by atoms with Crippen molar-refractivity contribution in [3.8, 4) is 0 Å². The summed E-state index contributed by atoms with van der Waals surface area (Å²) >= 11 is 0. The third-order valence-corrected chi connectivity index (χ3v) is 3.90. The highest BCUT2D eigenvalue weighted by atomic mass is 14.4. The maximum Gasteiger partial charge on any atom is -0.000651 e. The van der Waals surface area contributed by atoms with Crippen molar-refractivity contribution >= 4 is 6.08 Å². The zero-order valence-corrected chi connectivity index (χ0v) is 8.50. The molecule has 0 N–H and O–H groups in total. The monoisotopic (exact) mass is 184 g/mol. The van der Waals surface area contributed by atoms with Crippen LogP contribution in [-0.2, 0) is 5.41 Å². The second kappa shape index (κ2) is 2.98. The Morgan fingerprint density at radius 1 is 1.00 bits per heavy atom. The van der Waals surface area contributed by atoms with E-state index in [1.54, 1.807) is 5.56 Å². The zero-order valence-electron chi connectivity index (χ0n) is 8.50. The third kappa shape index (κ3) is 1.06. The predicted molar refractivity (Wildman–Crippen MR) is 60.2 cm³/mol. The lowest BCUT2D eigenvalue weighted by molar-refractivity contribution is 0.442. The van der Waals surface area contributed by atoms with Crippen molar-refractivity contribution in [1.82, 2.24) is 0 Å². The van der Waals surface area contributed by atoms with Crippen LogP contribution in [0.15, 0.2) is 30.3 Å². The molecule has 0 heteroatoms. The molecule has 3 rings (SSSR count). The van der Waals surface area contributed by atoms with Crippen molar-refractivity contribution in [2.45, 2.75) is 37.5 Å². The number of rotatable bonds is 0. The van der Waals surface area contributed by atoms with E-state index in [0.29, 0.717) is 5.41 Å². The SMILES string of the molecule is C1=Cc2ccccc2C2(C1)CCCC2. The van der Waals surface area contributed by atoms with Crippen molar-refractivity contribution in [3.05, 3.63) is 41.5 Å². The number of fused-ring (bicyclic) bond motifs is 2. The number of benzene rings is 1. The number of hydrogen-bond donors (Lipinski definition) is 0. The lowest BCUT2D eigenvalue weighted by Crippen LogP contribution is -2.24. The summed E-state index contributed by atoms with van der Waals surface area (Å²) in [5.41, 5.74) is 3.59.